The van der Waals surface area contributed by atoms with Gasteiger partial charge in [-0.05, 0) is 68.4 Å². The first-order valence-electron chi connectivity index (χ1n) is 12.5. The second kappa shape index (κ2) is 12.9. The van der Waals surface area contributed by atoms with Crippen LogP contribution >= 0.6 is 0 Å². The topological polar surface area (TPSA) is 86.8 Å². The molecule has 0 saturated carbocycles. The normalized spacial score (nSPS) is 12.3. The Hall–Kier alpha value is -2.87. The second-order valence-corrected chi connectivity index (χ2v) is 11.8. The van der Waals surface area contributed by atoms with Crippen LogP contribution < -0.4 is 9.62 Å². The molecule has 1 atom stereocenters. The van der Waals surface area contributed by atoms with Crippen LogP contribution in [0.15, 0.2) is 42.5 Å². The number of hydrogen-bond acceptors (Lipinski definition) is 4. The Kier molecular flexibility index (Phi) is 10.5. The highest BCUT2D eigenvalue weighted by Gasteiger charge is 2.27. The van der Waals surface area contributed by atoms with E-state index in [-0.39, 0.29) is 24.8 Å². The fourth-order valence-electron chi connectivity index (χ4n) is 3.99. The highest BCUT2D eigenvalue weighted by molar-refractivity contribution is 7.92. The number of benzene rings is 2. The number of aryl methyl sites for hydroxylation is 2. The van der Waals surface area contributed by atoms with Gasteiger partial charge in [0.25, 0.3) is 0 Å². The lowest BCUT2D eigenvalue weighted by molar-refractivity contribution is -0.140. The predicted molar refractivity (Wildman–Crippen MR) is 146 cm³/mol. The summed E-state index contributed by atoms with van der Waals surface area (Å²) in [5, 5.41) is 2.92. The zero-order valence-electron chi connectivity index (χ0n) is 22.7. The molecule has 36 heavy (non-hydrogen) atoms. The molecule has 0 unspecified atom stereocenters. The van der Waals surface area contributed by atoms with Gasteiger partial charge < -0.3 is 10.2 Å². The van der Waals surface area contributed by atoms with Crippen LogP contribution in [-0.4, -0.2) is 50.5 Å². The van der Waals surface area contributed by atoms with Crippen LogP contribution in [0, 0.1) is 26.7 Å². The first-order valence-corrected chi connectivity index (χ1v) is 14.3. The molecule has 2 amide bonds. The third-order valence-electron chi connectivity index (χ3n) is 6.45. The SMILES string of the molecule is Cc1ccccc1CN(C(=O)CCCN(c1cccc(C)c1C)S(C)(=O)=O)[C@@H](C)C(=O)NCC(C)C. The highest BCUT2D eigenvalue weighted by Crippen LogP contribution is 2.25. The molecule has 2 rings (SSSR count). The Morgan fingerprint density at radius 2 is 1.58 bits per heavy atom. The van der Waals surface area contributed by atoms with Gasteiger partial charge in [-0.3, -0.25) is 13.9 Å². The Labute approximate surface area is 216 Å². The van der Waals surface area contributed by atoms with Crippen molar-refractivity contribution in [2.24, 2.45) is 5.92 Å². The Morgan fingerprint density at radius 1 is 0.944 bits per heavy atom. The predicted octanol–water partition coefficient (Wildman–Crippen LogP) is 4.35. The summed E-state index contributed by atoms with van der Waals surface area (Å²) in [6, 6.07) is 12.7. The summed E-state index contributed by atoms with van der Waals surface area (Å²) in [5.41, 5.74) is 4.54. The van der Waals surface area contributed by atoms with Gasteiger partial charge in [0.05, 0.1) is 11.9 Å². The zero-order chi connectivity index (χ0) is 27.0. The Balaban J connectivity index is 2.21. The molecule has 7 nitrogen and oxygen atoms in total. The van der Waals surface area contributed by atoms with Crippen molar-refractivity contribution < 1.29 is 18.0 Å². The fourth-order valence-corrected chi connectivity index (χ4v) is 5.01. The number of sulfonamides is 1. The largest absolute Gasteiger partial charge is 0.354 e. The minimum atomic E-state index is -3.53. The molecule has 0 spiro atoms. The quantitative estimate of drug-likeness (QED) is 0.455. The summed E-state index contributed by atoms with van der Waals surface area (Å²) in [4.78, 5) is 27.9. The number of rotatable bonds is 12. The van der Waals surface area contributed by atoms with E-state index in [4.69, 9.17) is 0 Å². The van der Waals surface area contributed by atoms with Crippen molar-refractivity contribution in [2.75, 3.05) is 23.7 Å². The molecule has 0 aliphatic heterocycles. The van der Waals surface area contributed by atoms with Crippen LogP contribution in [0.25, 0.3) is 0 Å². The van der Waals surface area contributed by atoms with E-state index in [1.807, 2.05) is 71.0 Å². The summed E-state index contributed by atoms with van der Waals surface area (Å²) >= 11 is 0. The molecule has 2 aromatic carbocycles. The van der Waals surface area contributed by atoms with E-state index in [1.54, 1.807) is 17.9 Å². The second-order valence-electron chi connectivity index (χ2n) is 9.92. The molecule has 0 aliphatic carbocycles. The zero-order valence-corrected chi connectivity index (χ0v) is 23.5. The van der Waals surface area contributed by atoms with Gasteiger partial charge in [-0.2, -0.15) is 0 Å². The fraction of sp³-hybridized carbons (Fsp3) is 0.500. The van der Waals surface area contributed by atoms with Gasteiger partial charge in [0.15, 0.2) is 0 Å². The monoisotopic (exact) mass is 515 g/mol. The van der Waals surface area contributed by atoms with Gasteiger partial charge in [-0.1, -0.05) is 50.2 Å². The van der Waals surface area contributed by atoms with Crippen molar-refractivity contribution >= 4 is 27.5 Å². The maximum atomic E-state index is 13.4. The van der Waals surface area contributed by atoms with Gasteiger partial charge in [0.1, 0.15) is 6.04 Å². The molecule has 2 aromatic rings. The molecule has 1 N–H and O–H groups in total. The van der Waals surface area contributed by atoms with Crippen molar-refractivity contribution in [3.05, 3.63) is 64.7 Å². The van der Waals surface area contributed by atoms with E-state index in [2.05, 4.69) is 5.32 Å². The molecule has 0 saturated heterocycles. The van der Waals surface area contributed by atoms with Crippen molar-refractivity contribution in [1.29, 1.82) is 0 Å². The third kappa shape index (κ3) is 8.08. The number of hydrogen-bond donors (Lipinski definition) is 1. The molecule has 0 aromatic heterocycles. The van der Waals surface area contributed by atoms with Gasteiger partial charge in [0.2, 0.25) is 21.8 Å². The van der Waals surface area contributed by atoms with E-state index in [9.17, 15) is 18.0 Å². The molecule has 0 fully saturated rings. The lowest BCUT2D eigenvalue weighted by atomic mass is 10.1. The number of amides is 2. The van der Waals surface area contributed by atoms with Crippen molar-refractivity contribution in [3.63, 3.8) is 0 Å². The Morgan fingerprint density at radius 3 is 2.19 bits per heavy atom. The summed E-state index contributed by atoms with van der Waals surface area (Å²) in [6.07, 6.45) is 1.65. The summed E-state index contributed by atoms with van der Waals surface area (Å²) < 4.78 is 26.5. The van der Waals surface area contributed by atoms with E-state index in [0.29, 0.717) is 31.1 Å². The number of carbonyl (C=O) groups is 2. The first-order chi connectivity index (χ1) is 16.8. The van der Waals surface area contributed by atoms with E-state index in [0.717, 1.165) is 22.3 Å². The van der Waals surface area contributed by atoms with E-state index >= 15 is 0 Å². The van der Waals surface area contributed by atoms with Crippen molar-refractivity contribution in [2.45, 2.75) is 67.0 Å². The lowest BCUT2D eigenvalue weighted by Crippen LogP contribution is -2.48. The minimum absolute atomic E-state index is 0.130. The van der Waals surface area contributed by atoms with Crippen LogP contribution in [0.2, 0.25) is 0 Å². The average molecular weight is 516 g/mol. The van der Waals surface area contributed by atoms with Gasteiger partial charge >= 0.3 is 0 Å². The van der Waals surface area contributed by atoms with E-state index < -0.39 is 16.1 Å². The standard InChI is InChI=1S/C28H41N3O4S/c1-20(2)18-29-28(33)24(6)30(19-25-14-9-8-12-22(25)4)27(32)16-11-17-31(36(7,34)35)26-15-10-13-21(3)23(26)5/h8-10,12-15,20,24H,11,16-19H2,1-7H3,(H,29,33)/t24-/m0/s1. The first kappa shape index (κ1) is 29.4. The van der Waals surface area contributed by atoms with Crippen LogP contribution in [0.4, 0.5) is 5.69 Å². The number of nitrogens with one attached hydrogen (secondary N) is 1. The maximum Gasteiger partial charge on any atom is 0.242 e. The molecule has 8 heteroatoms. The van der Waals surface area contributed by atoms with Gasteiger partial charge in [-0.15, -0.1) is 0 Å². The van der Waals surface area contributed by atoms with Gasteiger partial charge in [-0.25, -0.2) is 8.42 Å². The van der Waals surface area contributed by atoms with Crippen LogP contribution in [-0.2, 0) is 26.2 Å². The number of anilines is 1. The third-order valence-corrected chi connectivity index (χ3v) is 7.63. The Bertz CT molecular complexity index is 1160. The molecular weight excluding hydrogens is 474 g/mol. The average Bonchev–Trinajstić information content (AvgIpc) is 2.80. The number of carbonyl (C=O) groups excluding carboxylic acids is 2. The molecule has 0 aliphatic rings. The smallest absolute Gasteiger partial charge is 0.242 e. The lowest BCUT2D eigenvalue weighted by Gasteiger charge is -2.30. The van der Waals surface area contributed by atoms with Crippen molar-refractivity contribution in [1.82, 2.24) is 10.2 Å². The van der Waals surface area contributed by atoms with Gasteiger partial charge in [0, 0.05) is 26.1 Å². The molecule has 0 bridgehead atoms. The van der Waals surface area contributed by atoms with Crippen LogP contribution in [0.3, 0.4) is 0 Å². The summed E-state index contributed by atoms with van der Waals surface area (Å²) in [7, 11) is -3.53. The molecule has 198 valence electrons. The molecular formula is C28H41N3O4S. The maximum absolute atomic E-state index is 13.4. The summed E-state index contributed by atoms with van der Waals surface area (Å²) in [5.74, 6) is -0.0765. The van der Waals surface area contributed by atoms with Crippen LogP contribution in [0.5, 0.6) is 0 Å². The summed E-state index contributed by atoms with van der Waals surface area (Å²) in [6.45, 7) is 12.6. The van der Waals surface area contributed by atoms with Crippen LogP contribution in [0.1, 0.15) is 55.9 Å². The number of nitrogens with zero attached hydrogens (tertiary/aromatic N) is 2. The highest BCUT2D eigenvalue weighted by atomic mass is 32.2. The minimum Gasteiger partial charge on any atom is -0.354 e. The van der Waals surface area contributed by atoms with E-state index in [1.165, 1.54) is 10.6 Å². The van der Waals surface area contributed by atoms with Crippen molar-refractivity contribution in [3.8, 4) is 0 Å². The molecule has 0 radical (unpaired) electrons. The molecule has 0 heterocycles.